The molecule has 1 amide bonds. The third kappa shape index (κ3) is 5.11. The summed E-state index contributed by atoms with van der Waals surface area (Å²) in [5, 5.41) is 3.11. The maximum Gasteiger partial charge on any atom is 0.243 e. The minimum atomic E-state index is -3.79. The van der Waals surface area contributed by atoms with Crippen molar-refractivity contribution in [3.05, 3.63) is 47.0 Å². The Balaban J connectivity index is 1.71. The smallest absolute Gasteiger partial charge is 0.243 e. The molecule has 0 radical (unpaired) electrons. The van der Waals surface area contributed by atoms with Gasteiger partial charge in [-0.25, -0.2) is 8.42 Å². The summed E-state index contributed by atoms with van der Waals surface area (Å²) >= 11 is 6.11. The van der Waals surface area contributed by atoms with E-state index in [1.54, 1.807) is 32.4 Å². The summed E-state index contributed by atoms with van der Waals surface area (Å²) in [5.74, 6) is 0.926. The highest BCUT2D eigenvalue weighted by atomic mass is 35.5. The van der Waals surface area contributed by atoms with Gasteiger partial charge in [-0.2, -0.15) is 4.31 Å². The van der Waals surface area contributed by atoms with Gasteiger partial charge >= 0.3 is 0 Å². The van der Waals surface area contributed by atoms with Crippen molar-refractivity contribution < 1.29 is 27.4 Å². The Hall–Kier alpha value is -2.49. The molecule has 174 valence electrons. The molecule has 1 unspecified atom stereocenters. The Labute approximate surface area is 193 Å². The van der Waals surface area contributed by atoms with Gasteiger partial charge in [-0.05, 0) is 43.2 Å². The van der Waals surface area contributed by atoms with E-state index in [9.17, 15) is 13.2 Å². The van der Waals surface area contributed by atoms with Crippen LogP contribution >= 0.6 is 11.6 Å². The SMILES string of the molecule is COc1ccc(S(=O)(=O)N2CCCC(C(=O)NCc3c(OC)cccc3OC)C2)cc1Cl. The van der Waals surface area contributed by atoms with Crippen molar-refractivity contribution >= 4 is 27.5 Å². The third-order valence-corrected chi connectivity index (χ3v) is 7.64. The summed E-state index contributed by atoms with van der Waals surface area (Å²) in [5.41, 5.74) is 0.721. The van der Waals surface area contributed by atoms with Crippen molar-refractivity contribution in [2.24, 2.45) is 5.92 Å². The molecule has 1 heterocycles. The summed E-state index contributed by atoms with van der Waals surface area (Å²) in [7, 11) is 0.773. The summed E-state index contributed by atoms with van der Waals surface area (Å²) in [6, 6.07) is 9.73. The predicted molar refractivity (Wildman–Crippen MR) is 121 cm³/mol. The molecule has 1 atom stereocenters. The molecule has 1 aliphatic rings. The number of sulfonamides is 1. The van der Waals surface area contributed by atoms with Crippen LogP contribution in [-0.2, 0) is 21.4 Å². The highest BCUT2D eigenvalue weighted by Crippen LogP contribution is 2.31. The van der Waals surface area contributed by atoms with Crippen LogP contribution in [-0.4, -0.2) is 53.0 Å². The minimum absolute atomic E-state index is 0.0723. The van der Waals surface area contributed by atoms with Crippen LogP contribution in [0.15, 0.2) is 41.3 Å². The number of hydrogen-bond acceptors (Lipinski definition) is 6. The highest BCUT2D eigenvalue weighted by molar-refractivity contribution is 7.89. The first-order valence-corrected chi connectivity index (χ1v) is 11.9. The fraction of sp³-hybridized carbons (Fsp3) is 0.409. The lowest BCUT2D eigenvalue weighted by Crippen LogP contribution is -2.45. The third-order valence-electron chi connectivity index (χ3n) is 5.49. The fourth-order valence-corrected chi connectivity index (χ4v) is 5.63. The Morgan fingerprint density at radius 2 is 1.75 bits per heavy atom. The summed E-state index contributed by atoms with van der Waals surface area (Å²) < 4.78 is 43.4. The van der Waals surface area contributed by atoms with Gasteiger partial charge in [0.25, 0.3) is 0 Å². The number of benzene rings is 2. The van der Waals surface area contributed by atoms with E-state index in [1.165, 1.54) is 29.6 Å². The average molecular weight is 483 g/mol. The topological polar surface area (TPSA) is 94.2 Å². The molecular weight excluding hydrogens is 456 g/mol. The highest BCUT2D eigenvalue weighted by Gasteiger charge is 2.33. The summed E-state index contributed by atoms with van der Waals surface area (Å²) in [4.78, 5) is 12.9. The van der Waals surface area contributed by atoms with E-state index in [-0.39, 0.29) is 28.9 Å². The van der Waals surface area contributed by atoms with E-state index in [4.69, 9.17) is 25.8 Å². The van der Waals surface area contributed by atoms with E-state index < -0.39 is 15.9 Å². The summed E-state index contributed by atoms with van der Waals surface area (Å²) in [6.45, 7) is 0.653. The Bertz CT molecular complexity index is 1050. The number of rotatable bonds is 8. The number of ether oxygens (including phenoxy) is 3. The van der Waals surface area contributed by atoms with Gasteiger partial charge in [-0.15, -0.1) is 0 Å². The van der Waals surface area contributed by atoms with E-state index in [1.807, 2.05) is 0 Å². The molecule has 2 aromatic carbocycles. The number of methoxy groups -OCH3 is 3. The lowest BCUT2D eigenvalue weighted by Gasteiger charge is -2.31. The van der Waals surface area contributed by atoms with Crippen molar-refractivity contribution in [3.63, 3.8) is 0 Å². The van der Waals surface area contributed by atoms with Crippen LogP contribution in [0.2, 0.25) is 5.02 Å². The number of amides is 1. The second-order valence-corrected chi connectivity index (χ2v) is 9.70. The molecule has 1 aliphatic heterocycles. The molecule has 0 aromatic heterocycles. The van der Waals surface area contributed by atoms with Gasteiger partial charge in [0.2, 0.25) is 15.9 Å². The molecule has 2 aromatic rings. The second kappa shape index (κ2) is 10.4. The van der Waals surface area contributed by atoms with E-state index >= 15 is 0 Å². The standard InChI is InChI=1S/C22H27ClN2O6S/c1-29-19-7-4-8-20(30-2)17(19)13-24-22(26)15-6-5-11-25(14-15)32(27,28)16-9-10-21(31-3)18(23)12-16/h4,7-10,12,15H,5-6,11,13-14H2,1-3H3,(H,24,26). The van der Waals surface area contributed by atoms with Gasteiger partial charge in [0.05, 0.1) is 49.3 Å². The van der Waals surface area contributed by atoms with Crippen molar-refractivity contribution in [1.29, 1.82) is 0 Å². The van der Waals surface area contributed by atoms with Crippen molar-refractivity contribution in [1.82, 2.24) is 9.62 Å². The lowest BCUT2D eigenvalue weighted by atomic mass is 9.98. The lowest BCUT2D eigenvalue weighted by molar-refractivity contribution is -0.126. The molecule has 0 aliphatic carbocycles. The van der Waals surface area contributed by atoms with Crippen molar-refractivity contribution in [2.45, 2.75) is 24.3 Å². The van der Waals surface area contributed by atoms with Gasteiger partial charge in [0, 0.05) is 13.1 Å². The van der Waals surface area contributed by atoms with Crippen LogP contribution < -0.4 is 19.5 Å². The number of nitrogens with one attached hydrogen (secondary N) is 1. The van der Waals surface area contributed by atoms with Gasteiger partial charge < -0.3 is 19.5 Å². The zero-order valence-electron chi connectivity index (χ0n) is 18.3. The molecule has 1 saturated heterocycles. The Kier molecular flexibility index (Phi) is 7.86. The quantitative estimate of drug-likeness (QED) is 0.621. The molecule has 32 heavy (non-hydrogen) atoms. The number of halogens is 1. The van der Waals surface area contributed by atoms with Crippen LogP contribution in [0.1, 0.15) is 18.4 Å². The number of hydrogen-bond donors (Lipinski definition) is 1. The molecule has 8 nitrogen and oxygen atoms in total. The minimum Gasteiger partial charge on any atom is -0.496 e. The van der Waals surface area contributed by atoms with Gasteiger partial charge in [0.15, 0.2) is 0 Å². The summed E-state index contributed by atoms with van der Waals surface area (Å²) in [6.07, 6.45) is 1.18. The van der Waals surface area contributed by atoms with E-state index in [2.05, 4.69) is 5.32 Å². The zero-order valence-corrected chi connectivity index (χ0v) is 19.8. The van der Waals surface area contributed by atoms with Crippen LogP contribution in [0.25, 0.3) is 0 Å². The molecule has 1 fully saturated rings. The zero-order chi connectivity index (χ0) is 23.3. The number of piperidine rings is 1. The molecule has 3 rings (SSSR count). The molecular formula is C22H27ClN2O6S. The van der Waals surface area contributed by atoms with Gasteiger partial charge in [-0.1, -0.05) is 17.7 Å². The largest absolute Gasteiger partial charge is 0.496 e. The van der Waals surface area contributed by atoms with Crippen molar-refractivity contribution in [2.75, 3.05) is 34.4 Å². The average Bonchev–Trinajstić information content (AvgIpc) is 2.82. The number of nitrogens with zero attached hydrogens (tertiary/aromatic N) is 1. The van der Waals surface area contributed by atoms with Crippen LogP contribution in [0.5, 0.6) is 17.2 Å². The molecule has 10 heteroatoms. The van der Waals surface area contributed by atoms with Gasteiger partial charge in [-0.3, -0.25) is 4.79 Å². The predicted octanol–water partition coefficient (Wildman–Crippen LogP) is 3.08. The van der Waals surface area contributed by atoms with Crippen molar-refractivity contribution in [3.8, 4) is 17.2 Å². The monoisotopic (exact) mass is 482 g/mol. The van der Waals surface area contributed by atoms with Crippen LogP contribution in [0.3, 0.4) is 0 Å². The molecule has 1 N–H and O–H groups in total. The van der Waals surface area contributed by atoms with Gasteiger partial charge in [0.1, 0.15) is 17.2 Å². The first-order chi connectivity index (χ1) is 15.3. The fourth-order valence-electron chi connectivity index (χ4n) is 3.75. The maximum atomic E-state index is 13.1. The number of carbonyl (C=O) groups is 1. The Morgan fingerprint density at radius 3 is 2.34 bits per heavy atom. The molecule has 0 spiro atoms. The first-order valence-electron chi connectivity index (χ1n) is 10.1. The molecule has 0 saturated carbocycles. The first kappa shape index (κ1) is 24.2. The Morgan fingerprint density at radius 1 is 1.09 bits per heavy atom. The normalized spacial score (nSPS) is 16.9. The van der Waals surface area contributed by atoms with Crippen LogP contribution in [0, 0.1) is 5.92 Å². The maximum absolute atomic E-state index is 13.1. The van der Waals surface area contributed by atoms with E-state index in [0.717, 1.165) is 5.56 Å². The van der Waals surface area contributed by atoms with E-state index in [0.29, 0.717) is 36.6 Å². The second-order valence-electron chi connectivity index (χ2n) is 7.36. The molecule has 0 bridgehead atoms. The number of carbonyl (C=O) groups excluding carboxylic acids is 1. The van der Waals surface area contributed by atoms with Crippen LogP contribution in [0.4, 0.5) is 0 Å².